The zero-order valence-electron chi connectivity index (χ0n) is 12.6. The number of hydrogen-bond donors (Lipinski definition) is 1. The predicted octanol–water partition coefficient (Wildman–Crippen LogP) is 2.42. The highest BCUT2D eigenvalue weighted by Gasteiger charge is 2.06. The van der Waals surface area contributed by atoms with E-state index in [0.29, 0.717) is 5.75 Å². The Kier molecular flexibility index (Phi) is 5.32. The number of amides is 1. The van der Waals surface area contributed by atoms with E-state index in [1.54, 1.807) is 18.0 Å². The summed E-state index contributed by atoms with van der Waals surface area (Å²) in [5.41, 5.74) is 5.07. The molecule has 2 rings (SSSR count). The molecule has 116 valence electrons. The monoisotopic (exact) mass is 364 g/mol. The van der Waals surface area contributed by atoms with Crippen LogP contribution in [0.4, 0.5) is 0 Å². The fourth-order valence-corrected chi connectivity index (χ4v) is 2.37. The molecule has 1 aromatic carbocycles. The van der Waals surface area contributed by atoms with Gasteiger partial charge < -0.3 is 4.74 Å². The van der Waals surface area contributed by atoms with Gasteiger partial charge in [-0.1, -0.05) is 15.9 Å². The molecule has 0 atom stereocenters. The standard InChI is InChI=1S/C15H17BrN4O2/c1-10-6-11(2)20(19-10)9-15(21)18-17-8-12-7-13(16)4-5-14(12)22-3/h4-8H,9H2,1-3H3,(H,18,21)/b17-8-. The summed E-state index contributed by atoms with van der Waals surface area (Å²) >= 11 is 3.38. The Balaban J connectivity index is 1.99. The molecule has 0 saturated carbocycles. The quantitative estimate of drug-likeness (QED) is 0.654. The van der Waals surface area contributed by atoms with Crippen LogP contribution in [0.25, 0.3) is 0 Å². The summed E-state index contributed by atoms with van der Waals surface area (Å²) in [7, 11) is 1.59. The summed E-state index contributed by atoms with van der Waals surface area (Å²) in [6.45, 7) is 3.93. The van der Waals surface area contributed by atoms with Crippen LogP contribution < -0.4 is 10.2 Å². The third-order valence-corrected chi connectivity index (χ3v) is 3.47. The van der Waals surface area contributed by atoms with Crippen molar-refractivity contribution >= 4 is 28.1 Å². The van der Waals surface area contributed by atoms with Gasteiger partial charge in [0.25, 0.3) is 5.91 Å². The third-order valence-electron chi connectivity index (χ3n) is 2.98. The number of nitrogens with zero attached hydrogens (tertiary/aromatic N) is 3. The number of ether oxygens (including phenoxy) is 1. The highest BCUT2D eigenvalue weighted by molar-refractivity contribution is 9.10. The molecule has 1 heterocycles. The molecule has 6 nitrogen and oxygen atoms in total. The molecule has 0 bridgehead atoms. The van der Waals surface area contributed by atoms with Crippen molar-refractivity contribution in [2.24, 2.45) is 5.10 Å². The van der Waals surface area contributed by atoms with Gasteiger partial charge in [-0.25, -0.2) is 5.43 Å². The van der Waals surface area contributed by atoms with E-state index in [2.05, 4.69) is 31.6 Å². The van der Waals surface area contributed by atoms with Crippen molar-refractivity contribution in [3.8, 4) is 5.75 Å². The van der Waals surface area contributed by atoms with Crippen LogP contribution in [-0.4, -0.2) is 29.0 Å². The van der Waals surface area contributed by atoms with E-state index in [-0.39, 0.29) is 12.5 Å². The van der Waals surface area contributed by atoms with Crippen LogP contribution in [0.5, 0.6) is 5.75 Å². The van der Waals surface area contributed by atoms with Crippen LogP contribution in [0.1, 0.15) is 17.0 Å². The van der Waals surface area contributed by atoms with Gasteiger partial charge in [0.05, 0.1) is 19.0 Å². The average Bonchev–Trinajstić information content (AvgIpc) is 2.77. The molecule has 1 N–H and O–H groups in total. The van der Waals surface area contributed by atoms with Gasteiger partial charge in [-0.3, -0.25) is 9.48 Å². The summed E-state index contributed by atoms with van der Waals surface area (Å²) in [6, 6.07) is 7.47. The summed E-state index contributed by atoms with van der Waals surface area (Å²) in [6.07, 6.45) is 1.54. The van der Waals surface area contributed by atoms with Gasteiger partial charge in [0, 0.05) is 15.7 Å². The molecule has 2 aromatic rings. The fourth-order valence-electron chi connectivity index (χ4n) is 1.99. The fraction of sp³-hybridized carbons (Fsp3) is 0.267. The van der Waals surface area contributed by atoms with Gasteiger partial charge in [0.2, 0.25) is 0 Å². The zero-order valence-corrected chi connectivity index (χ0v) is 14.2. The van der Waals surface area contributed by atoms with Crippen molar-refractivity contribution in [3.63, 3.8) is 0 Å². The molecule has 1 amide bonds. The average molecular weight is 365 g/mol. The summed E-state index contributed by atoms with van der Waals surface area (Å²) in [5, 5.41) is 8.19. The van der Waals surface area contributed by atoms with Crippen molar-refractivity contribution in [1.82, 2.24) is 15.2 Å². The second-order valence-electron chi connectivity index (χ2n) is 4.76. The molecule has 0 fully saturated rings. The maximum Gasteiger partial charge on any atom is 0.261 e. The molecule has 1 aromatic heterocycles. The minimum atomic E-state index is -0.239. The molecule has 0 unspecified atom stereocenters. The van der Waals surface area contributed by atoms with Gasteiger partial charge in [-0.05, 0) is 38.1 Å². The molecular formula is C15H17BrN4O2. The van der Waals surface area contributed by atoms with E-state index in [4.69, 9.17) is 4.74 Å². The number of benzene rings is 1. The number of aryl methyl sites for hydroxylation is 2. The molecular weight excluding hydrogens is 348 g/mol. The molecule has 7 heteroatoms. The number of halogens is 1. The van der Waals surface area contributed by atoms with Crippen LogP contribution >= 0.6 is 15.9 Å². The number of carbonyl (C=O) groups excluding carboxylic acids is 1. The first-order valence-corrected chi connectivity index (χ1v) is 7.45. The molecule has 22 heavy (non-hydrogen) atoms. The number of aromatic nitrogens is 2. The molecule has 0 aliphatic rings. The van der Waals surface area contributed by atoms with Crippen LogP contribution in [0.3, 0.4) is 0 Å². The first kappa shape index (κ1) is 16.2. The van der Waals surface area contributed by atoms with Crippen LogP contribution in [-0.2, 0) is 11.3 Å². The largest absolute Gasteiger partial charge is 0.496 e. The van der Waals surface area contributed by atoms with Crippen molar-refractivity contribution < 1.29 is 9.53 Å². The lowest BCUT2D eigenvalue weighted by atomic mass is 10.2. The summed E-state index contributed by atoms with van der Waals surface area (Å²) in [5.74, 6) is 0.441. The molecule has 0 aliphatic heterocycles. The van der Waals surface area contributed by atoms with Crippen molar-refractivity contribution in [3.05, 3.63) is 45.7 Å². The third kappa shape index (κ3) is 4.17. The Labute approximate surface area is 137 Å². The van der Waals surface area contributed by atoms with Crippen molar-refractivity contribution in [2.75, 3.05) is 7.11 Å². The normalized spacial score (nSPS) is 10.9. The number of hydrogen-bond acceptors (Lipinski definition) is 4. The maximum absolute atomic E-state index is 11.9. The van der Waals surface area contributed by atoms with E-state index in [1.165, 1.54) is 0 Å². The van der Waals surface area contributed by atoms with E-state index in [9.17, 15) is 4.79 Å². The SMILES string of the molecule is COc1ccc(Br)cc1/C=N\NC(=O)Cn1nc(C)cc1C. The zero-order chi connectivity index (χ0) is 16.1. The predicted molar refractivity (Wildman–Crippen MR) is 88.1 cm³/mol. The van der Waals surface area contributed by atoms with Gasteiger partial charge in [-0.15, -0.1) is 0 Å². The minimum Gasteiger partial charge on any atom is -0.496 e. The smallest absolute Gasteiger partial charge is 0.261 e. The summed E-state index contributed by atoms with van der Waals surface area (Å²) in [4.78, 5) is 11.9. The van der Waals surface area contributed by atoms with Crippen molar-refractivity contribution in [1.29, 1.82) is 0 Å². The van der Waals surface area contributed by atoms with Crippen molar-refractivity contribution in [2.45, 2.75) is 20.4 Å². The Hall–Kier alpha value is -2.15. The molecule has 0 saturated heterocycles. The first-order valence-electron chi connectivity index (χ1n) is 6.66. The Morgan fingerprint density at radius 2 is 2.23 bits per heavy atom. The maximum atomic E-state index is 11.9. The minimum absolute atomic E-state index is 0.132. The second-order valence-corrected chi connectivity index (χ2v) is 5.68. The van der Waals surface area contributed by atoms with E-state index >= 15 is 0 Å². The number of nitrogens with one attached hydrogen (secondary N) is 1. The van der Waals surface area contributed by atoms with Crippen LogP contribution in [0.2, 0.25) is 0 Å². The van der Waals surface area contributed by atoms with Crippen LogP contribution in [0.15, 0.2) is 33.8 Å². The highest BCUT2D eigenvalue weighted by Crippen LogP contribution is 2.21. The van der Waals surface area contributed by atoms with E-state index in [1.807, 2.05) is 38.1 Å². The topological polar surface area (TPSA) is 68.5 Å². The van der Waals surface area contributed by atoms with Gasteiger partial charge in [0.15, 0.2) is 0 Å². The van der Waals surface area contributed by atoms with E-state index < -0.39 is 0 Å². The second kappa shape index (κ2) is 7.22. The lowest BCUT2D eigenvalue weighted by Crippen LogP contribution is -2.24. The Morgan fingerprint density at radius 1 is 1.45 bits per heavy atom. The lowest BCUT2D eigenvalue weighted by Gasteiger charge is -2.05. The number of rotatable bonds is 5. The van der Waals surface area contributed by atoms with Gasteiger partial charge in [-0.2, -0.15) is 10.2 Å². The first-order chi connectivity index (χ1) is 10.5. The molecule has 0 spiro atoms. The number of hydrazone groups is 1. The van der Waals surface area contributed by atoms with Gasteiger partial charge >= 0.3 is 0 Å². The molecule has 0 radical (unpaired) electrons. The highest BCUT2D eigenvalue weighted by atomic mass is 79.9. The van der Waals surface area contributed by atoms with Crippen LogP contribution in [0, 0.1) is 13.8 Å². The number of methoxy groups -OCH3 is 1. The lowest BCUT2D eigenvalue weighted by molar-refractivity contribution is -0.121. The Morgan fingerprint density at radius 3 is 2.86 bits per heavy atom. The number of carbonyl (C=O) groups is 1. The van der Waals surface area contributed by atoms with E-state index in [0.717, 1.165) is 21.4 Å². The molecule has 0 aliphatic carbocycles. The summed E-state index contributed by atoms with van der Waals surface area (Å²) < 4.78 is 7.78. The Bertz CT molecular complexity index is 710. The van der Waals surface area contributed by atoms with Gasteiger partial charge in [0.1, 0.15) is 12.3 Å².